The highest BCUT2D eigenvalue weighted by Crippen LogP contribution is 2.21. The van der Waals surface area contributed by atoms with Crippen LogP contribution in [0.2, 0.25) is 5.28 Å². The van der Waals surface area contributed by atoms with E-state index < -0.39 is 0 Å². The number of nitrogens with zero attached hydrogens (tertiary/aromatic N) is 3. The van der Waals surface area contributed by atoms with Crippen LogP contribution in [0.15, 0.2) is 6.20 Å². The van der Waals surface area contributed by atoms with Crippen molar-refractivity contribution < 1.29 is 0 Å². The summed E-state index contributed by atoms with van der Waals surface area (Å²) in [6, 6.07) is 0. The molecule has 0 aliphatic rings. The normalized spacial score (nSPS) is 10.6. The van der Waals surface area contributed by atoms with Gasteiger partial charge in [-0.15, -0.1) is 0 Å². The van der Waals surface area contributed by atoms with Crippen molar-refractivity contribution >= 4 is 38.4 Å². The van der Waals surface area contributed by atoms with Gasteiger partial charge in [-0.1, -0.05) is 11.3 Å². The first kappa shape index (κ1) is 6.75. The Labute approximate surface area is 71.1 Å². The van der Waals surface area contributed by atoms with Crippen molar-refractivity contribution in [3.8, 4) is 0 Å². The van der Waals surface area contributed by atoms with E-state index in [1.165, 1.54) is 11.3 Å². The molecule has 0 fully saturated rings. The van der Waals surface area contributed by atoms with Gasteiger partial charge in [-0.25, -0.2) is 15.0 Å². The van der Waals surface area contributed by atoms with Crippen LogP contribution < -0.4 is 5.73 Å². The van der Waals surface area contributed by atoms with Crippen molar-refractivity contribution in [1.29, 1.82) is 0 Å². The lowest BCUT2D eigenvalue weighted by Gasteiger charge is -1.84. The highest BCUT2D eigenvalue weighted by atomic mass is 35.5. The molecule has 6 heteroatoms. The first-order chi connectivity index (χ1) is 5.25. The van der Waals surface area contributed by atoms with Crippen molar-refractivity contribution in [3.63, 3.8) is 0 Å². The monoisotopic (exact) mass is 186 g/mol. The van der Waals surface area contributed by atoms with Crippen molar-refractivity contribution in [2.75, 3.05) is 5.73 Å². The summed E-state index contributed by atoms with van der Waals surface area (Å²) in [5.74, 6) is 0. The number of rotatable bonds is 0. The molecule has 0 aliphatic carbocycles. The van der Waals surface area contributed by atoms with Crippen molar-refractivity contribution in [2.45, 2.75) is 0 Å². The number of thiazole rings is 1. The number of nitrogen functional groups attached to an aromatic ring is 1. The van der Waals surface area contributed by atoms with E-state index in [1.54, 1.807) is 6.20 Å². The summed E-state index contributed by atoms with van der Waals surface area (Å²) in [4.78, 5) is 12.4. The highest BCUT2D eigenvalue weighted by Gasteiger charge is 2.02. The molecule has 0 spiro atoms. The zero-order chi connectivity index (χ0) is 7.84. The van der Waals surface area contributed by atoms with Gasteiger partial charge in [-0.2, -0.15) is 0 Å². The van der Waals surface area contributed by atoms with Gasteiger partial charge in [0.05, 0.1) is 6.20 Å². The van der Waals surface area contributed by atoms with Crippen LogP contribution in [-0.2, 0) is 0 Å². The zero-order valence-corrected chi connectivity index (χ0v) is 6.85. The molecule has 2 N–H and O–H groups in total. The Bertz CT molecular complexity index is 398. The molecular formula is C5H3ClN4S. The van der Waals surface area contributed by atoms with Gasteiger partial charge >= 0.3 is 0 Å². The summed E-state index contributed by atoms with van der Waals surface area (Å²) in [7, 11) is 0. The second-order valence-electron chi connectivity index (χ2n) is 1.88. The summed E-state index contributed by atoms with van der Waals surface area (Å²) in [5.41, 5.74) is 6.13. The van der Waals surface area contributed by atoms with Gasteiger partial charge in [0.1, 0.15) is 10.3 Å². The van der Waals surface area contributed by atoms with Gasteiger partial charge in [0.25, 0.3) is 0 Å². The second kappa shape index (κ2) is 2.28. The van der Waals surface area contributed by atoms with E-state index in [0.717, 1.165) is 4.83 Å². The van der Waals surface area contributed by atoms with Crippen LogP contribution in [0.1, 0.15) is 0 Å². The van der Waals surface area contributed by atoms with E-state index in [9.17, 15) is 0 Å². The molecule has 0 bridgehead atoms. The maximum absolute atomic E-state index is 5.54. The van der Waals surface area contributed by atoms with E-state index in [-0.39, 0.29) is 5.28 Å². The fourth-order valence-electron chi connectivity index (χ4n) is 0.732. The smallest absolute Gasteiger partial charge is 0.223 e. The first-order valence-corrected chi connectivity index (χ1v) is 4.00. The summed E-state index contributed by atoms with van der Waals surface area (Å²) in [6.45, 7) is 0. The minimum atomic E-state index is 0.223. The average Bonchev–Trinajstić information content (AvgIpc) is 2.27. The van der Waals surface area contributed by atoms with Crippen molar-refractivity contribution in [2.24, 2.45) is 0 Å². The fourth-order valence-corrected chi connectivity index (χ4v) is 1.59. The number of aromatic nitrogens is 3. The highest BCUT2D eigenvalue weighted by molar-refractivity contribution is 7.21. The fraction of sp³-hybridized carbons (Fsp3) is 0. The number of nitrogens with two attached hydrogens (primary N) is 1. The van der Waals surface area contributed by atoms with Crippen LogP contribution in [0.4, 0.5) is 5.13 Å². The summed E-state index contributed by atoms with van der Waals surface area (Å²) >= 11 is 6.84. The molecule has 2 aromatic rings. The third-order valence-corrected chi connectivity index (χ3v) is 2.11. The third-order valence-electron chi connectivity index (χ3n) is 1.14. The van der Waals surface area contributed by atoms with Crippen LogP contribution in [0.5, 0.6) is 0 Å². The minimum absolute atomic E-state index is 0.223. The number of hydrogen-bond acceptors (Lipinski definition) is 5. The molecule has 0 amide bonds. The Balaban J connectivity index is 2.82. The summed E-state index contributed by atoms with van der Waals surface area (Å²) < 4.78 is 0. The quantitative estimate of drug-likeness (QED) is 0.631. The van der Waals surface area contributed by atoms with Gasteiger partial charge in [0.2, 0.25) is 5.28 Å². The molecule has 2 aromatic heterocycles. The maximum Gasteiger partial charge on any atom is 0.223 e. The Kier molecular flexibility index (Phi) is 1.40. The van der Waals surface area contributed by atoms with Gasteiger partial charge in [-0.05, 0) is 11.6 Å². The molecule has 0 aliphatic heterocycles. The Morgan fingerprint density at radius 1 is 1.45 bits per heavy atom. The zero-order valence-electron chi connectivity index (χ0n) is 5.28. The molecule has 2 heterocycles. The van der Waals surface area contributed by atoms with Crippen LogP contribution in [0.25, 0.3) is 10.3 Å². The van der Waals surface area contributed by atoms with Crippen LogP contribution >= 0.6 is 22.9 Å². The summed E-state index contributed by atoms with van der Waals surface area (Å²) in [6.07, 6.45) is 1.55. The Hall–Kier alpha value is -0.940. The number of fused-ring (bicyclic) bond motifs is 1. The molecule has 2 rings (SSSR count). The minimum Gasteiger partial charge on any atom is -0.375 e. The summed E-state index contributed by atoms with van der Waals surface area (Å²) in [5, 5.41) is 0.706. The van der Waals surface area contributed by atoms with E-state index in [2.05, 4.69) is 15.0 Å². The Morgan fingerprint density at radius 2 is 2.27 bits per heavy atom. The van der Waals surface area contributed by atoms with Gasteiger partial charge in [0, 0.05) is 0 Å². The van der Waals surface area contributed by atoms with Crippen LogP contribution in [0, 0.1) is 0 Å². The molecule has 4 nitrogen and oxygen atoms in total. The number of anilines is 1. The predicted molar refractivity (Wildman–Crippen MR) is 44.6 cm³/mol. The van der Waals surface area contributed by atoms with Crippen LogP contribution in [-0.4, -0.2) is 15.0 Å². The molecule has 56 valence electrons. The molecule has 0 saturated carbocycles. The molecular weight excluding hydrogens is 184 g/mol. The van der Waals surface area contributed by atoms with Gasteiger partial charge < -0.3 is 5.73 Å². The topological polar surface area (TPSA) is 64.7 Å². The molecule has 0 radical (unpaired) electrons. The molecule has 0 aromatic carbocycles. The SMILES string of the molecule is Nc1nc2cnc(Cl)nc2s1. The van der Waals surface area contributed by atoms with Crippen LogP contribution in [0.3, 0.4) is 0 Å². The predicted octanol–water partition coefficient (Wildman–Crippen LogP) is 1.32. The van der Waals surface area contributed by atoms with E-state index in [4.69, 9.17) is 17.3 Å². The number of hydrogen-bond donors (Lipinski definition) is 1. The van der Waals surface area contributed by atoms with Crippen molar-refractivity contribution in [3.05, 3.63) is 11.5 Å². The van der Waals surface area contributed by atoms with Gasteiger partial charge in [0.15, 0.2) is 5.13 Å². The molecule has 0 saturated heterocycles. The van der Waals surface area contributed by atoms with E-state index in [0.29, 0.717) is 10.6 Å². The average molecular weight is 187 g/mol. The molecule has 0 unspecified atom stereocenters. The maximum atomic E-state index is 5.54. The lowest BCUT2D eigenvalue weighted by molar-refractivity contribution is 1.22. The lowest BCUT2D eigenvalue weighted by atomic mass is 10.6. The number of halogens is 1. The second-order valence-corrected chi connectivity index (χ2v) is 3.23. The van der Waals surface area contributed by atoms with Gasteiger partial charge in [-0.3, -0.25) is 0 Å². The molecule has 11 heavy (non-hydrogen) atoms. The first-order valence-electron chi connectivity index (χ1n) is 2.80. The lowest BCUT2D eigenvalue weighted by Crippen LogP contribution is -1.81. The Morgan fingerprint density at radius 3 is 3.09 bits per heavy atom. The van der Waals surface area contributed by atoms with Crippen molar-refractivity contribution in [1.82, 2.24) is 15.0 Å². The van der Waals surface area contributed by atoms with E-state index >= 15 is 0 Å². The van der Waals surface area contributed by atoms with E-state index in [1.807, 2.05) is 0 Å². The molecule has 0 atom stereocenters. The standard InChI is InChI=1S/C5H3ClN4S/c6-4-8-1-2-3(10-4)11-5(7)9-2/h1H,(H2,7,9). The largest absolute Gasteiger partial charge is 0.375 e. The third kappa shape index (κ3) is 1.12.